The number of aliphatic carboxylic acids is 2. The van der Waals surface area contributed by atoms with Crippen LogP contribution in [0.1, 0.15) is 46.5 Å². The Labute approximate surface area is 169 Å². The summed E-state index contributed by atoms with van der Waals surface area (Å²) in [7, 11) is 0. The van der Waals surface area contributed by atoms with Gasteiger partial charge in [0.1, 0.15) is 18.1 Å². The lowest BCUT2D eigenvalue weighted by Crippen LogP contribution is -2.57. The van der Waals surface area contributed by atoms with E-state index in [0.717, 1.165) is 0 Å². The van der Waals surface area contributed by atoms with Gasteiger partial charge < -0.3 is 31.5 Å². The van der Waals surface area contributed by atoms with Crippen LogP contribution < -0.4 is 16.4 Å². The maximum atomic E-state index is 12.9. The van der Waals surface area contributed by atoms with Gasteiger partial charge in [-0.15, -0.1) is 0 Å². The molecular weight excluding hydrogens is 384 g/mol. The first kappa shape index (κ1) is 24.3. The van der Waals surface area contributed by atoms with E-state index >= 15 is 0 Å². The van der Waals surface area contributed by atoms with Crippen molar-refractivity contribution in [3.05, 3.63) is 0 Å². The van der Waals surface area contributed by atoms with E-state index in [9.17, 15) is 29.1 Å². The second kappa shape index (κ2) is 10.7. The van der Waals surface area contributed by atoms with Gasteiger partial charge >= 0.3 is 11.9 Å². The molecule has 3 amide bonds. The Kier molecular flexibility index (Phi) is 9.02. The second-order valence-electron chi connectivity index (χ2n) is 7.67. The molecule has 4 unspecified atom stereocenters. The van der Waals surface area contributed by atoms with E-state index in [4.69, 9.17) is 10.8 Å². The predicted molar refractivity (Wildman–Crippen MR) is 102 cm³/mol. The van der Waals surface area contributed by atoms with E-state index in [1.54, 1.807) is 0 Å². The molecule has 4 atom stereocenters. The molecule has 0 aromatic heterocycles. The van der Waals surface area contributed by atoms with Crippen LogP contribution in [0.5, 0.6) is 0 Å². The fourth-order valence-corrected chi connectivity index (χ4v) is 3.14. The zero-order valence-corrected chi connectivity index (χ0v) is 16.9. The number of carbonyl (C=O) groups is 5. The van der Waals surface area contributed by atoms with E-state index in [1.165, 1.54) is 11.8 Å². The molecule has 11 nitrogen and oxygen atoms in total. The molecule has 6 N–H and O–H groups in total. The molecule has 0 bridgehead atoms. The van der Waals surface area contributed by atoms with Crippen molar-refractivity contribution in [3.63, 3.8) is 0 Å². The molecule has 0 aliphatic carbocycles. The second-order valence-corrected chi connectivity index (χ2v) is 7.67. The lowest BCUT2D eigenvalue weighted by molar-refractivity contribution is -0.147. The summed E-state index contributed by atoms with van der Waals surface area (Å²) in [5.74, 6) is -4.45. The van der Waals surface area contributed by atoms with Crippen LogP contribution in [-0.2, 0) is 24.0 Å². The summed E-state index contributed by atoms with van der Waals surface area (Å²) in [6, 6.07) is -4.33. The van der Waals surface area contributed by atoms with Gasteiger partial charge in [0.05, 0.1) is 12.5 Å². The number of carboxylic acid groups (broad SMARTS) is 2. The molecular formula is C18H30N4O7. The molecule has 1 fully saturated rings. The number of amides is 3. The Bertz CT molecular complexity index is 650. The smallest absolute Gasteiger partial charge is 0.326 e. The van der Waals surface area contributed by atoms with Crippen molar-refractivity contribution >= 4 is 29.7 Å². The van der Waals surface area contributed by atoms with Crippen molar-refractivity contribution < 1.29 is 34.2 Å². The predicted octanol–water partition coefficient (Wildman–Crippen LogP) is -1.10. The number of hydrogen-bond donors (Lipinski definition) is 5. The van der Waals surface area contributed by atoms with Crippen LogP contribution in [0.4, 0.5) is 0 Å². The summed E-state index contributed by atoms with van der Waals surface area (Å²) < 4.78 is 0. The van der Waals surface area contributed by atoms with Crippen LogP contribution >= 0.6 is 0 Å². The van der Waals surface area contributed by atoms with Gasteiger partial charge in [-0.25, -0.2) is 4.79 Å². The normalized spacial score (nSPS) is 19.3. The number of rotatable bonds is 10. The van der Waals surface area contributed by atoms with E-state index < -0.39 is 60.2 Å². The summed E-state index contributed by atoms with van der Waals surface area (Å²) in [6.07, 6.45) is 0.375. The lowest BCUT2D eigenvalue weighted by atomic mass is 10.0. The molecule has 0 aromatic rings. The minimum Gasteiger partial charge on any atom is -0.481 e. The third-order valence-corrected chi connectivity index (χ3v) is 4.57. The molecule has 0 saturated carbocycles. The summed E-state index contributed by atoms with van der Waals surface area (Å²) in [5, 5.41) is 23.1. The number of carboxylic acids is 2. The molecule has 164 valence electrons. The number of nitrogens with zero attached hydrogens (tertiary/aromatic N) is 1. The van der Waals surface area contributed by atoms with Crippen molar-refractivity contribution in [2.45, 2.75) is 70.6 Å². The highest BCUT2D eigenvalue weighted by Gasteiger charge is 2.39. The SMILES string of the molecule is CC(C)CC(NC(=O)C1CCCN1C(=O)C(CC(=O)O)NC(=O)C(C)N)C(=O)O. The minimum absolute atomic E-state index is 0.0334. The number of hydrogen-bond acceptors (Lipinski definition) is 6. The monoisotopic (exact) mass is 414 g/mol. The number of nitrogens with two attached hydrogens (primary N) is 1. The van der Waals surface area contributed by atoms with Crippen molar-refractivity contribution in [1.82, 2.24) is 15.5 Å². The van der Waals surface area contributed by atoms with Gasteiger partial charge in [0.2, 0.25) is 17.7 Å². The van der Waals surface area contributed by atoms with Crippen LogP contribution in [0.25, 0.3) is 0 Å². The van der Waals surface area contributed by atoms with Crippen molar-refractivity contribution in [1.29, 1.82) is 0 Å². The molecule has 11 heteroatoms. The lowest BCUT2D eigenvalue weighted by Gasteiger charge is -2.29. The summed E-state index contributed by atoms with van der Waals surface area (Å²) in [4.78, 5) is 61.1. The number of carbonyl (C=O) groups excluding carboxylic acids is 3. The van der Waals surface area contributed by atoms with E-state index in [0.29, 0.717) is 12.8 Å². The molecule has 0 aromatic carbocycles. The third-order valence-electron chi connectivity index (χ3n) is 4.57. The Morgan fingerprint density at radius 3 is 2.17 bits per heavy atom. The highest BCUT2D eigenvalue weighted by Crippen LogP contribution is 2.20. The van der Waals surface area contributed by atoms with Crippen LogP contribution in [0.2, 0.25) is 0 Å². The van der Waals surface area contributed by atoms with Gasteiger partial charge in [0.25, 0.3) is 0 Å². The van der Waals surface area contributed by atoms with Crippen LogP contribution in [0.15, 0.2) is 0 Å². The zero-order valence-electron chi connectivity index (χ0n) is 16.9. The molecule has 0 spiro atoms. The molecule has 29 heavy (non-hydrogen) atoms. The Morgan fingerprint density at radius 1 is 1.07 bits per heavy atom. The Hall–Kier alpha value is -2.69. The van der Waals surface area contributed by atoms with E-state index in [-0.39, 0.29) is 18.9 Å². The van der Waals surface area contributed by atoms with Gasteiger partial charge in [-0.3, -0.25) is 19.2 Å². The van der Waals surface area contributed by atoms with Crippen LogP contribution in [0, 0.1) is 5.92 Å². The fraction of sp³-hybridized carbons (Fsp3) is 0.722. The van der Waals surface area contributed by atoms with Gasteiger partial charge in [-0.2, -0.15) is 0 Å². The average Bonchev–Trinajstić information content (AvgIpc) is 3.08. The summed E-state index contributed by atoms with van der Waals surface area (Å²) >= 11 is 0. The van der Waals surface area contributed by atoms with Gasteiger partial charge in [0, 0.05) is 6.54 Å². The molecule has 1 aliphatic rings. The van der Waals surface area contributed by atoms with Crippen molar-refractivity contribution in [3.8, 4) is 0 Å². The largest absolute Gasteiger partial charge is 0.481 e. The zero-order chi connectivity index (χ0) is 22.3. The number of likely N-dealkylation sites (tertiary alicyclic amines) is 1. The first-order chi connectivity index (χ1) is 13.4. The minimum atomic E-state index is -1.37. The van der Waals surface area contributed by atoms with Crippen molar-refractivity contribution in [2.75, 3.05) is 6.54 Å². The first-order valence-corrected chi connectivity index (χ1v) is 9.55. The molecule has 0 radical (unpaired) electrons. The Morgan fingerprint density at radius 2 is 1.69 bits per heavy atom. The topological polar surface area (TPSA) is 179 Å². The molecule has 1 heterocycles. The van der Waals surface area contributed by atoms with E-state index in [2.05, 4.69) is 10.6 Å². The van der Waals surface area contributed by atoms with Gasteiger partial charge in [-0.05, 0) is 32.1 Å². The summed E-state index contributed by atoms with van der Waals surface area (Å²) in [6.45, 7) is 5.24. The van der Waals surface area contributed by atoms with Gasteiger partial charge in [0.15, 0.2) is 0 Å². The maximum absolute atomic E-state index is 12.9. The third kappa shape index (κ3) is 7.33. The maximum Gasteiger partial charge on any atom is 0.326 e. The standard InChI is InChI=1S/C18H30N4O7/c1-9(2)7-12(18(28)29)21-16(26)13-5-4-6-22(13)17(27)11(8-14(23)24)20-15(25)10(3)19/h9-13H,4-8,19H2,1-3H3,(H,20,25)(H,21,26)(H,23,24)(H,28,29). The molecule has 1 aliphatic heterocycles. The first-order valence-electron chi connectivity index (χ1n) is 9.55. The highest BCUT2D eigenvalue weighted by atomic mass is 16.4. The number of nitrogens with one attached hydrogen (secondary N) is 2. The van der Waals surface area contributed by atoms with E-state index in [1.807, 2.05) is 13.8 Å². The molecule has 1 saturated heterocycles. The van der Waals surface area contributed by atoms with Crippen molar-refractivity contribution in [2.24, 2.45) is 11.7 Å². The average molecular weight is 414 g/mol. The van der Waals surface area contributed by atoms with Crippen LogP contribution in [0.3, 0.4) is 0 Å². The summed E-state index contributed by atoms with van der Waals surface area (Å²) in [5.41, 5.74) is 5.46. The highest BCUT2D eigenvalue weighted by molar-refractivity contribution is 5.95. The molecule has 1 rings (SSSR count). The quantitative estimate of drug-likeness (QED) is 0.299. The van der Waals surface area contributed by atoms with Gasteiger partial charge in [-0.1, -0.05) is 13.8 Å². The van der Waals surface area contributed by atoms with Crippen LogP contribution in [-0.4, -0.2) is 75.5 Å². The Balaban J connectivity index is 2.94. The fourth-order valence-electron chi connectivity index (χ4n) is 3.14.